The number of carbonyl (C=O) groups excluding carboxylic acids is 1. The van der Waals surface area contributed by atoms with Crippen molar-refractivity contribution in [3.05, 3.63) is 59.9 Å². The van der Waals surface area contributed by atoms with Crippen molar-refractivity contribution in [3.8, 4) is 5.75 Å². The number of ether oxygens (including phenoxy) is 1. The van der Waals surface area contributed by atoms with E-state index in [4.69, 9.17) is 19.6 Å². The van der Waals surface area contributed by atoms with Crippen LogP contribution < -0.4 is 4.74 Å². The molecule has 0 radical (unpaired) electrons. The number of aryl methyl sites for hydroxylation is 1. The predicted molar refractivity (Wildman–Crippen MR) is 179 cm³/mol. The first-order valence-corrected chi connectivity index (χ1v) is 16.8. The highest BCUT2D eigenvalue weighted by atomic mass is 16.5. The Hall–Kier alpha value is -3.39. The molecule has 244 valence electrons. The maximum atomic E-state index is 13.2. The zero-order valence-electron chi connectivity index (χ0n) is 28.0. The number of carboxylic acid groups (broad SMARTS) is 1. The second kappa shape index (κ2) is 13.5. The minimum atomic E-state index is -0.340. The van der Waals surface area contributed by atoms with Gasteiger partial charge >= 0.3 is 0 Å². The van der Waals surface area contributed by atoms with Gasteiger partial charge in [-0.2, -0.15) is 0 Å². The zero-order valence-corrected chi connectivity index (χ0v) is 28.0. The average Bonchev–Trinajstić information content (AvgIpc) is 3.46. The van der Waals surface area contributed by atoms with Crippen LogP contribution in [0, 0.1) is 12.3 Å². The van der Waals surface area contributed by atoms with Gasteiger partial charge in [0.25, 0.3) is 6.47 Å². The van der Waals surface area contributed by atoms with E-state index in [-0.39, 0.29) is 29.3 Å². The summed E-state index contributed by atoms with van der Waals surface area (Å²) in [6, 6.07) is 19.2. The van der Waals surface area contributed by atoms with Crippen LogP contribution in [0.4, 0.5) is 0 Å². The van der Waals surface area contributed by atoms with Gasteiger partial charge in [-0.25, -0.2) is 4.98 Å². The molecular formula is C37H52N4O4. The van der Waals surface area contributed by atoms with Crippen molar-refractivity contribution >= 4 is 23.4 Å². The number of fused-ring (bicyclic) bond motifs is 3. The van der Waals surface area contributed by atoms with Crippen molar-refractivity contribution in [3.63, 3.8) is 0 Å². The molecule has 1 amide bonds. The third kappa shape index (κ3) is 7.06. The maximum absolute atomic E-state index is 13.2. The van der Waals surface area contributed by atoms with E-state index in [1.807, 2.05) is 20.8 Å². The zero-order chi connectivity index (χ0) is 32.4. The summed E-state index contributed by atoms with van der Waals surface area (Å²) in [7, 11) is 0. The first-order valence-electron chi connectivity index (χ1n) is 16.8. The number of hydrogen-bond acceptors (Lipinski definition) is 5. The average molecular weight is 617 g/mol. The van der Waals surface area contributed by atoms with Gasteiger partial charge < -0.3 is 19.3 Å². The monoisotopic (exact) mass is 616 g/mol. The molecule has 4 heterocycles. The Morgan fingerprint density at radius 3 is 2.31 bits per heavy atom. The molecule has 0 spiro atoms. The van der Waals surface area contributed by atoms with Gasteiger partial charge in [-0.3, -0.25) is 14.5 Å². The Labute approximate surface area is 268 Å². The van der Waals surface area contributed by atoms with E-state index in [2.05, 4.69) is 83.7 Å². The molecule has 1 aromatic heterocycles. The lowest BCUT2D eigenvalue weighted by atomic mass is 9.70. The summed E-state index contributed by atoms with van der Waals surface area (Å²) in [5.41, 5.74) is 3.50. The van der Waals surface area contributed by atoms with Crippen LogP contribution in [0.15, 0.2) is 48.5 Å². The highest BCUT2D eigenvalue weighted by Gasteiger charge is 2.44. The largest absolute Gasteiger partial charge is 0.491 e. The standard InChI is InChI=1S/C36H50N4O2.CH2O2/c1-25(2)42-31-11-9-10-27(22-31)36(16-19-38(20-17-36)34(41)35(4,5)6)18-21-39-28-14-15-29(39)24-30(23-28)40-26(3)37-32-12-7-8-13-33(32)40;2-1-3/h7-13,22,25,28-30H,14-21,23-24H2,1-6H3;1H,(H,2,3)/t28-,29+,30?;. The summed E-state index contributed by atoms with van der Waals surface area (Å²) in [6.45, 7) is 15.0. The van der Waals surface area contributed by atoms with Crippen molar-refractivity contribution in [2.45, 2.75) is 116 Å². The number of hydrogen-bond donors (Lipinski definition) is 1. The molecule has 2 aromatic carbocycles. The number of aromatic nitrogens is 2. The molecular weight excluding hydrogens is 564 g/mol. The lowest BCUT2D eigenvalue weighted by Gasteiger charge is -2.46. The van der Waals surface area contributed by atoms with Crippen molar-refractivity contribution in [1.29, 1.82) is 0 Å². The minimum Gasteiger partial charge on any atom is -0.491 e. The van der Waals surface area contributed by atoms with E-state index < -0.39 is 0 Å². The van der Waals surface area contributed by atoms with E-state index in [1.165, 1.54) is 36.8 Å². The molecule has 3 fully saturated rings. The lowest BCUT2D eigenvalue weighted by Crippen LogP contribution is -2.50. The minimum absolute atomic E-state index is 0.0540. The first-order chi connectivity index (χ1) is 21.5. The molecule has 1 unspecified atom stereocenters. The molecule has 3 aromatic rings. The van der Waals surface area contributed by atoms with Crippen LogP contribution in [0.25, 0.3) is 11.0 Å². The molecule has 3 aliphatic heterocycles. The highest BCUT2D eigenvalue weighted by Crippen LogP contribution is 2.45. The molecule has 0 saturated carbocycles. The van der Waals surface area contributed by atoms with E-state index in [0.717, 1.165) is 56.0 Å². The second-order valence-electron chi connectivity index (χ2n) is 14.6. The molecule has 8 heteroatoms. The van der Waals surface area contributed by atoms with Gasteiger partial charge in [0.1, 0.15) is 11.6 Å². The molecule has 45 heavy (non-hydrogen) atoms. The van der Waals surface area contributed by atoms with Gasteiger partial charge in [0, 0.05) is 42.0 Å². The third-order valence-electron chi connectivity index (χ3n) is 10.3. The molecule has 3 saturated heterocycles. The Balaban J connectivity index is 0.00000128. The van der Waals surface area contributed by atoms with Gasteiger partial charge in [0.2, 0.25) is 5.91 Å². The first kappa shape index (κ1) is 33.0. The van der Waals surface area contributed by atoms with Crippen LogP contribution in [-0.2, 0) is 15.0 Å². The molecule has 6 rings (SSSR count). The molecule has 3 aliphatic rings. The number of benzene rings is 2. The fraction of sp³-hybridized carbons (Fsp3) is 0.595. The van der Waals surface area contributed by atoms with Crippen molar-refractivity contribution in [1.82, 2.24) is 19.4 Å². The number of para-hydroxylation sites is 2. The molecule has 2 bridgehead atoms. The van der Waals surface area contributed by atoms with Crippen LogP contribution in [0.3, 0.4) is 0 Å². The quantitative estimate of drug-likeness (QED) is 0.288. The van der Waals surface area contributed by atoms with Gasteiger partial charge in [0.15, 0.2) is 0 Å². The number of likely N-dealkylation sites (tertiary alicyclic amines) is 1. The van der Waals surface area contributed by atoms with E-state index >= 15 is 0 Å². The van der Waals surface area contributed by atoms with E-state index in [9.17, 15) is 4.79 Å². The third-order valence-corrected chi connectivity index (χ3v) is 10.3. The van der Waals surface area contributed by atoms with Gasteiger partial charge in [0.05, 0.1) is 17.1 Å². The summed E-state index contributed by atoms with van der Waals surface area (Å²) < 4.78 is 8.67. The van der Waals surface area contributed by atoms with Crippen LogP contribution in [0.1, 0.15) is 97.0 Å². The Bertz CT molecular complexity index is 1450. The van der Waals surface area contributed by atoms with Crippen LogP contribution >= 0.6 is 0 Å². The van der Waals surface area contributed by atoms with Gasteiger partial charge in [-0.05, 0) is 102 Å². The fourth-order valence-electron chi connectivity index (χ4n) is 8.26. The molecule has 8 nitrogen and oxygen atoms in total. The summed E-state index contributed by atoms with van der Waals surface area (Å²) in [4.78, 5) is 31.4. The summed E-state index contributed by atoms with van der Waals surface area (Å²) in [5.74, 6) is 2.38. The normalized spacial score (nSPS) is 23.1. The van der Waals surface area contributed by atoms with E-state index in [0.29, 0.717) is 18.1 Å². The number of piperidine rings is 2. The summed E-state index contributed by atoms with van der Waals surface area (Å²) >= 11 is 0. The summed E-state index contributed by atoms with van der Waals surface area (Å²) in [5, 5.41) is 6.89. The number of rotatable bonds is 7. The number of nitrogens with zero attached hydrogens (tertiary/aromatic N) is 4. The van der Waals surface area contributed by atoms with Gasteiger partial charge in [-0.1, -0.05) is 45.0 Å². The van der Waals surface area contributed by atoms with Gasteiger partial charge in [-0.15, -0.1) is 0 Å². The Morgan fingerprint density at radius 1 is 1.04 bits per heavy atom. The van der Waals surface area contributed by atoms with Crippen molar-refractivity contribution < 1.29 is 19.4 Å². The second-order valence-corrected chi connectivity index (χ2v) is 14.6. The Kier molecular flexibility index (Phi) is 9.92. The number of carbonyl (C=O) groups is 2. The maximum Gasteiger partial charge on any atom is 0.290 e. The SMILES string of the molecule is Cc1nc2ccccc2n1C1C[C@H]2CC[C@@H](C1)N2CCC1(c2cccc(OC(C)C)c2)CCN(C(=O)C(C)(C)C)CC1.O=CO. The summed E-state index contributed by atoms with van der Waals surface area (Å²) in [6.07, 6.45) is 8.29. The predicted octanol–water partition coefficient (Wildman–Crippen LogP) is 7.00. The topological polar surface area (TPSA) is 87.9 Å². The van der Waals surface area contributed by atoms with E-state index in [1.54, 1.807) is 0 Å². The van der Waals surface area contributed by atoms with Crippen molar-refractivity contribution in [2.75, 3.05) is 19.6 Å². The lowest BCUT2D eigenvalue weighted by molar-refractivity contribution is -0.141. The van der Waals surface area contributed by atoms with Crippen molar-refractivity contribution in [2.24, 2.45) is 5.41 Å². The van der Waals surface area contributed by atoms with Crippen LogP contribution in [0.5, 0.6) is 5.75 Å². The molecule has 1 N–H and O–H groups in total. The van der Waals surface area contributed by atoms with Crippen LogP contribution in [-0.4, -0.2) is 74.7 Å². The smallest absolute Gasteiger partial charge is 0.290 e. The number of imidazole rings is 1. The van der Waals surface area contributed by atoms with Crippen LogP contribution in [0.2, 0.25) is 0 Å². The highest BCUT2D eigenvalue weighted by molar-refractivity contribution is 5.81. The molecule has 0 aliphatic carbocycles. The number of amides is 1. The Morgan fingerprint density at radius 2 is 1.69 bits per heavy atom. The fourth-order valence-corrected chi connectivity index (χ4v) is 8.26. The molecule has 3 atom stereocenters.